The molecule has 0 spiro atoms. The van der Waals surface area contributed by atoms with E-state index < -0.39 is 6.10 Å². The van der Waals surface area contributed by atoms with Gasteiger partial charge in [-0.1, -0.05) is 12.1 Å². The summed E-state index contributed by atoms with van der Waals surface area (Å²) >= 11 is 0. The third-order valence-corrected chi connectivity index (χ3v) is 2.62. The number of carbonyl (C=O) groups is 1. The lowest BCUT2D eigenvalue weighted by molar-refractivity contribution is -0.145. The van der Waals surface area contributed by atoms with Gasteiger partial charge in [0.2, 0.25) is 0 Å². The summed E-state index contributed by atoms with van der Waals surface area (Å²) in [5.41, 5.74) is 1.96. The molecule has 1 atom stereocenters. The molecular weight excluding hydrogens is 244 g/mol. The van der Waals surface area contributed by atoms with Crippen molar-refractivity contribution in [3.05, 3.63) is 24.3 Å². The molecule has 0 fully saturated rings. The lowest BCUT2D eigenvalue weighted by atomic mass is 10.2. The molecule has 1 aromatic rings. The molecule has 106 valence electrons. The van der Waals surface area contributed by atoms with E-state index in [1.807, 2.05) is 43.3 Å². The Bertz CT molecular complexity index is 407. The van der Waals surface area contributed by atoms with Crippen LogP contribution in [0.1, 0.15) is 13.3 Å². The summed E-state index contributed by atoms with van der Waals surface area (Å²) in [6, 6.07) is 7.80. The van der Waals surface area contributed by atoms with Crippen LogP contribution in [-0.4, -0.2) is 44.4 Å². The number of nitrogens with zero attached hydrogens (tertiary/aromatic N) is 1. The summed E-state index contributed by atoms with van der Waals surface area (Å²) in [4.78, 5) is 13.2. The molecule has 0 aliphatic carbocycles. The molecule has 2 N–H and O–H groups in total. The Morgan fingerprint density at radius 3 is 2.74 bits per heavy atom. The highest BCUT2D eigenvalue weighted by Gasteiger charge is 2.12. The van der Waals surface area contributed by atoms with Gasteiger partial charge in [0.05, 0.1) is 30.5 Å². The van der Waals surface area contributed by atoms with Gasteiger partial charge in [-0.3, -0.25) is 4.79 Å². The van der Waals surface area contributed by atoms with Crippen molar-refractivity contribution in [3.63, 3.8) is 0 Å². The number of carbonyl (C=O) groups excluding carboxylic acids is 1. The van der Waals surface area contributed by atoms with Crippen molar-refractivity contribution < 1.29 is 14.6 Å². The molecule has 19 heavy (non-hydrogen) atoms. The summed E-state index contributed by atoms with van der Waals surface area (Å²) in [5, 5.41) is 12.9. The molecule has 0 radical (unpaired) electrons. The number of rotatable bonds is 7. The summed E-state index contributed by atoms with van der Waals surface area (Å²) in [6.45, 7) is 2.39. The van der Waals surface area contributed by atoms with Crippen molar-refractivity contribution in [1.82, 2.24) is 0 Å². The van der Waals surface area contributed by atoms with Gasteiger partial charge in [-0.05, 0) is 19.1 Å². The summed E-state index contributed by atoms with van der Waals surface area (Å²) in [6.07, 6.45) is -0.750. The van der Waals surface area contributed by atoms with Gasteiger partial charge in [-0.15, -0.1) is 0 Å². The maximum Gasteiger partial charge on any atom is 0.308 e. The van der Waals surface area contributed by atoms with Gasteiger partial charge >= 0.3 is 5.97 Å². The Morgan fingerprint density at radius 1 is 1.42 bits per heavy atom. The fourth-order valence-corrected chi connectivity index (χ4v) is 1.73. The van der Waals surface area contributed by atoms with Crippen LogP contribution < -0.4 is 10.2 Å². The second kappa shape index (κ2) is 7.63. The highest BCUT2D eigenvalue weighted by Crippen LogP contribution is 2.23. The maximum atomic E-state index is 11.2. The van der Waals surface area contributed by atoms with Gasteiger partial charge in [-0.2, -0.15) is 0 Å². The lowest BCUT2D eigenvalue weighted by Gasteiger charge is -2.19. The molecule has 0 heterocycles. The van der Waals surface area contributed by atoms with Crippen LogP contribution >= 0.6 is 0 Å². The largest absolute Gasteiger partial charge is 0.466 e. The quantitative estimate of drug-likeness (QED) is 0.732. The van der Waals surface area contributed by atoms with E-state index in [-0.39, 0.29) is 12.4 Å². The summed E-state index contributed by atoms with van der Waals surface area (Å²) < 4.78 is 4.79. The highest BCUT2D eigenvalue weighted by atomic mass is 16.5. The number of esters is 1. The number of anilines is 2. The Morgan fingerprint density at radius 2 is 2.11 bits per heavy atom. The van der Waals surface area contributed by atoms with Gasteiger partial charge in [0.25, 0.3) is 0 Å². The van der Waals surface area contributed by atoms with Crippen molar-refractivity contribution in [3.8, 4) is 0 Å². The van der Waals surface area contributed by atoms with E-state index in [9.17, 15) is 9.90 Å². The van der Waals surface area contributed by atoms with Gasteiger partial charge in [0, 0.05) is 20.6 Å². The molecule has 0 aliphatic heterocycles. The topological polar surface area (TPSA) is 61.8 Å². The number of hydrogen-bond acceptors (Lipinski definition) is 5. The number of benzene rings is 1. The molecule has 0 aliphatic rings. The van der Waals surface area contributed by atoms with Crippen molar-refractivity contribution in [2.24, 2.45) is 0 Å². The molecule has 0 aromatic heterocycles. The van der Waals surface area contributed by atoms with Crippen molar-refractivity contribution in [1.29, 1.82) is 0 Å². The summed E-state index contributed by atoms with van der Waals surface area (Å²) in [5.74, 6) is -0.377. The smallest absolute Gasteiger partial charge is 0.308 e. The zero-order valence-electron chi connectivity index (χ0n) is 11.7. The standard InChI is InChI=1S/C14H22N2O3/c1-4-19-14(18)9-11(17)10-15-12-7-5-6-8-13(12)16(2)3/h5-8,11,15,17H,4,9-10H2,1-3H3. The molecule has 0 saturated carbocycles. The van der Waals surface area contributed by atoms with Crippen LogP contribution in [0.2, 0.25) is 0 Å². The van der Waals surface area contributed by atoms with Crippen LogP contribution in [0.3, 0.4) is 0 Å². The van der Waals surface area contributed by atoms with Crippen LogP contribution in [0.25, 0.3) is 0 Å². The van der Waals surface area contributed by atoms with Crippen LogP contribution in [0.15, 0.2) is 24.3 Å². The van der Waals surface area contributed by atoms with E-state index in [0.717, 1.165) is 11.4 Å². The van der Waals surface area contributed by atoms with E-state index in [1.165, 1.54) is 0 Å². The zero-order valence-corrected chi connectivity index (χ0v) is 11.7. The highest BCUT2D eigenvalue weighted by molar-refractivity contribution is 5.71. The summed E-state index contributed by atoms with van der Waals surface area (Å²) in [7, 11) is 3.91. The fourth-order valence-electron chi connectivity index (χ4n) is 1.73. The van der Waals surface area contributed by atoms with Crippen LogP contribution in [0.5, 0.6) is 0 Å². The first-order valence-electron chi connectivity index (χ1n) is 6.38. The monoisotopic (exact) mass is 266 g/mol. The molecule has 0 bridgehead atoms. The van der Waals surface area contributed by atoms with Gasteiger partial charge in [-0.25, -0.2) is 0 Å². The van der Waals surface area contributed by atoms with Crippen LogP contribution in [0, 0.1) is 0 Å². The van der Waals surface area contributed by atoms with E-state index in [2.05, 4.69) is 5.32 Å². The zero-order chi connectivity index (χ0) is 14.3. The molecule has 1 unspecified atom stereocenters. The van der Waals surface area contributed by atoms with Gasteiger partial charge < -0.3 is 20.1 Å². The molecule has 5 heteroatoms. The molecule has 1 rings (SSSR count). The molecular formula is C14H22N2O3. The van der Waals surface area contributed by atoms with Crippen LogP contribution in [0.4, 0.5) is 11.4 Å². The number of para-hydroxylation sites is 2. The Balaban J connectivity index is 2.50. The van der Waals surface area contributed by atoms with E-state index >= 15 is 0 Å². The minimum absolute atomic E-state index is 0.00493. The minimum atomic E-state index is -0.755. The number of aliphatic hydroxyl groups is 1. The molecule has 0 saturated heterocycles. The van der Waals surface area contributed by atoms with E-state index in [1.54, 1.807) is 6.92 Å². The van der Waals surface area contributed by atoms with Crippen molar-refractivity contribution in [2.75, 3.05) is 37.5 Å². The number of nitrogens with one attached hydrogen (secondary N) is 1. The number of aliphatic hydroxyl groups excluding tert-OH is 1. The second-order valence-electron chi connectivity index (χ2n) is 4.46. The number of hydrogen-bond donors (Lipinski definition) is 2. The predicted octanol–water partition coefficient (Wildman–Crippen LogP) is 1.48. The molecule has 0 amide bonds. The first-order valence-corrected chi connectivity index (χ1v) is 6.38. The minimum Gasteiger partial charge on any atom is -0.466 e. The van der Waals surface area contributed by atoms with E-state index in [4.69, 9.17) is 4.74 Å². The van der Waals surface area contributed by atoms with Crippen molar-refractivity contribution in [2.45, 2.75) is 19.4 Å². The van der Waals surface area contributed by atoms with Gasteiger partial charge in [0.1, 0.15) is 0 Å². The second-order valence-corrected chi connectivity index (χ2v) is 4.46. The lowest BCUT2D eigenvalue weighted by Crippen LogP contribution is -2.24. The first kappa shape index (κ1) is 15.3. The van der Waals surface area contributed by atoms with Crippen molar-refractivity contribution >= 4 is 17.3 Å². The molecule has 5 nitrogen and oxygen atoms in total. The Kier molecular flexibility index (Phi) is 6.15. The SMILES string of the molecule is CCOC(=O)CC(O)CNc1ccccc1N(C)C. The Hall–Kier alpha value is -1.75. The third-order valence-electron chi connectivity index (χ3n) is 2.62. The fraction of sp³-hybridized carbons (Fsp3) is 0.500. The van der Waals surface area contributed by atoms with Crippen LogP contribution in [-0.2, 0) is 9.53 Å². The van der Waals surface area contributed by atoms with E-state index in [0.29, 0.717) is 13.2 Å². The molecule has 1 aromatic carbocycles. The first-order chi connectivity index (χ1) is 9.04. The average molecular weight is 266 g/mol. The Labute approximate surface area is 114 Å². The normalized spacial score (nSPS) is 11.8. The predicted molar refractivity (Wildman–Crippen MR) is 76.5 cm³/mol. The number of ether oxygens (including phenoxy) is 1. The van der Waals surface area contributed by atoms with Gasteiger partial charge in [0.15, 0.2) is 0 Å². The third kappa shape index (κ3) is 5.18. The maximum absolute atomic E-state index is 11.2. The average Bonchev–Trinajstić information content (AvgIpc) is 2.36.